The van der Waals surface area contributed by atoms with Crippen LogP contribution in [0.4, 0.5) is 5.69 Å². The summed E-state index contributed by atoms with van der Waals surface area (Å²) in [6, 6.07) is 10.5. The van der Waals surface area contributed by atoms with Gasteiger partial charge >= 0.3 is 0 Å². The first-order valence-corrected chi connectivity index (χ1v) is 6.69. The summed E-state index contributed by atoms with van der Waals surface area (Å²) in [5.41, 5.74) is 6.59. The average Bonchev–Trinajstić information content (AvgIpc) is 2.84. The number of carbonyl (C=O) groups is 1. The molecule has 2 rings (SSSR count). The Bertz CT molecular complexity index is 496. The van der Waals surface area contributed by atoms with Crippen LogP contribution in [0.1, 0.15) is 10.9 Å². The molecule has 1 heterocycles. The summed E-state index contributed by atoms with van der Waals surface area (Å²) < 4.78 is 0.970. The Kier molecular flexibility index (Phi) is 3.93. The van der Waals surface area contributed by atoms with Crippen molar-refractivity contribution in [2.24, 2.45) is 5.73 Å². The van der Waals surface area contributed by atoms with Gasteiger partial charge in [0.25, 0.3) is 0 Å². The Balaban J connectivity index is 2.04. The van der Waals surface area contributed by atoms with Gasteiger partial charge in [-0.3, -0.25) is 4.79 Å². The van der Waals surface area contributed by atoms with E-state index in [4.69, 9.17) is 5.73 Å². The van der Waals surface area contributed by atoms with E-state index >= 15 is 0 Å². The first-order chi connectivity index (χ1) is 8.16. The van der Waals surface area contributed by atoms with Crippen LogP contribution in [-0.4, -0.2) is 5.91 Å². The molecule has 0 radical (unpaired) electrons. The molecule has 1 amide bonds. The van der Waals surface area contributed by atoms with Crippen molar-refractivity contribution in [1.82, 2.24) is 0 Å². The first kappa shape index (κ1) is 12.3. The third-order valence-electron chi connectivity index (χ3n) is 2.24. The summed E-state index contributed by atoms with van der Waals surface area (Å²) in [6.45, 7) is 0. The lowest BCUT2D eigenvalue weighted by molar-refractivity contribution is -0.117. The molecule has 1 aromatic heterocycles. The van der Waals surface area contributed by atoms with Gasteiger partial charge in [-0.25, -0.2) is 0 Å². The Morgan fingerprint density at radius 3 is 2.59 bits per heavy atom. The number of nitrogens with two attached hydrogens (primary N) is 1. The van der Waals surface area contributed by atoms with Crippen molar-refractivity contribution >= 4 is 38.9 Å². The number of hydrogen-bond donors (Lipinski definition) is 2. The molecule has 0 fully saturated rings. The molecule has 3 N–H and O–H groups in total. The summed E-state index contributed by atoms with van der Waals surface area (Å²) >= 11 is 4.82. The van der Waals surface area contributed by atoms with E-state index in [-0.39, 0.29) is 5.91 Å². The fraction of sp³-hybridized carbons (Fsp3) is 0.0833. The number of hydrogen-bond acceptors (Lipinski definition) is 3. The molecule has 0 aliphatic carbocycles. The van der Waals surface area contributed by atoms with Crippen LogP contribution in [0, 0.1) is 0 Å². The minimum Gasteiger partial charge on any atom is -0.324 e. The van der Waals surface area contributed by atoms with Gasteiger partial charge in [0.15, 0.2) is 0 Å². The van der Waals surface area contributed by atoms with Crippen molar-refractivity contribution in [3.63, 3.8) is 0 Å². The quantitative estimate of drug-likeness (QED) is 0.915. The molecule has 0 bridgehead atoms. The minimum absolute atomic E-state index is 0.199. The van der Waals surface area contributed by atoms with Gasteiger partial charge in [-0.05, 0) is 35.7 Å². The zero-order valence-electron chi connectivity index (χ0n) is 8.89. The second-order valence-corrected chi connectivity index (χ2v) is 5.38. The average molecular weight is 311 g/mol. The summed E-state index contributed by atoms with van der Waals surface area (Å²) in [7, 11) is 0. The predicted molar refractivity (Wildman–Crippen MR) is 74.0 cm³/mol. The molecule has 17 heavy (non-hydrogen) atoms. The van der Waals surface area contributed by atoms with Crippen LogP contribution in [-0.2, 0) is 4.79 Å². The highest BCUT2D eigenvalue weighted by molar-refractivity contribution is 9.10. The van der Waals surface area contributed by atoms with Gasteiger partial charge in [0, 0.05) is 15.0 Å². The van der Waals surface area contributed by atoms with Crippen LogP contribution < -0.4 is 11.1 Å². The van der Waals surface area contributed by atoms with Crippen LogP contribution in [0.5, 0.6) is 0 Å². The largest absolute Gasteiger partial charge is 0.324 e. The smallest absolute Gasteiger partial charge is 0.246 e. The second kappa shape index (κ2) is 5.44. The first-order valence-electron chi connectivity index (χ1n) is 5.02. The van der Waals surface area contributed by atoms with Gasteiger partial charge in [0.05, 0.1) is 0 Å². The van der Waals surface area contributed by atoms with Gasteiger partial charge < -0.3 is 11.1 Å². The molecule has 1 unspecified atom stereocenters. The number of amides is 1. The highest BCUT2D eigenvalue weighted by atomic mass is 79.9. The summed E-state index contributed by atoms with van der Waals surface area (Å²) in [6.07, 6.45) is 0. The van der Waals surface area contributed by atoms with E-state index in [1.54, 1.807) is 0 Å². The van der Waals surface area contributed by atoms with Gasteiger partial charge in [-0.1, -0.05) is 22.0 Å². The molecule has 0 aliphatic heterocycles. The van der Waals surface area contributed by atoms with Gasteiger partial charge in [-0.15, -0.1) is 11.3 Å². The number of benzene rings is 1. The molecule has 0 aliphatic rings. The number of anilines is 1. The van der Waals surface area contributed by atoms with Crippen molar-refractivity contribution < 1.29 is 4.79 Å². The summed E-state index contributed by atoms with van der Waals surface area (Å²) in [4.78, 5) is 12.7. The van der Waals surface area contributed by atoms with E-state index in [0.717, 1.165) is 15.0 Å². The maximum absolute atomic E-state index is 11.9. The predicted octanol–water partition coefficient (Wildman–Crippen LogP) is 3.15. The molecule has 0 spiro atoms. The SMILES string of the molecule is NC(C(=O)Nc1ccc(Br)cc1)c1cccs1. The Morgan fingerprint density at radius 2 is 2.00 bits per heavy atom. The van der Waals surface area contributed by atoms with Gasteiger partial charge in [-0.2, -0.15) is 0 Å². The van der Waals surface area contributed by atoms with Crippen LogP contribution in [0.2, 0.25) is 0 Å². The summed E-state index contributed by atoms with van der Waals surface area (Å²) in [5.74, 6) is -0.199. The van der Waals surface area contributed by atoms with Crippen LogP contribution in [0.3, 0.4) is 0 Å². The monoisotopic (exact) mass is 310 g/mol. The molecular formula is C12H11BrN2OS. The van der Waals surface area contributed by atoms with Crippen molar-refractivity contribution in [1.29, 1.82) is 0 Å². The zero-order chi connectivity index (χ0) is 12.3. The maximum atomic E-state index is 11.9. The number of thiophene rings is 1. The number of carbonyl (C=O) groups excluding carboxylic acids is 1. The standard InChI is InChI=1S/C12H11BrN2OS/c13-8-3-5-9(6-4-8)15-12(16)11(14)10-2-1-7-17-10/h1-7,11H,14H2,(H,15,16). The fourth-order valence-corrected chi connectivity index (χ4v) is 2.34. The molecule has 1 aromatic carbocycles. The normalized spacial score (nSPS) is 12.1. The molecule has 0 saturated carbocycles. The van der Waals surface area contributed by atoms with Crippen molar-refractivity contribution in [3.05, 3.63) is 51.1 Å². The number of rotatable bonds is 3. The van der Waals surface area contributed by atoms with Crippen LogP contribution in [0.25, 0.3) is 0 Å². The number of nitrogens with one attached hydrogen (secondary N) is 1. The van der Waals surface area contributed by atoms with Crippen LogP contribution >= 0.6 is 27.3 Å². The lowest BCUT2D eigenvalue weighted by atomic mass is 10.2. The number of halogens is 1. The van der Waals surface area contributed by atoms with E-state index < -0.39 is 6.04 Å². The lowest BCUT2D eigenvalue weighted by Crippen LogP contribution is -2.26. The van der Waals surface area contributed by atoms with Crippen molar-refractivity contribution in [3.8, 4) is 0 Å². The molecule has 88 valence electrons. The van der Waals surface area contributed by atoms with E-state index in [1.165, 1.54) is 11.3 Å². The Labute approximate surface area is 112 Å². The Morgan fingerprint density at radius 1 is 1.29 bits per heavy atom. The summed E-state index contributed by atoms with van der Waals surface area (Å²) in [5, 5.41) is 4.68. The maximum Gasteiger partial charge on any atom is 0.246 e. The fourth-order valence-electron chi connectivity index (χ4n) is 1.35. The molecule has 3 nitrogen and oxygen atoms in total. The van der Waals surface area contributed by atoms with Crippen LogP contribution in [0.15, 0.2) is 46.3 Å². The highest BCUT2D eigenvalue weighted by Crippen LogP contribution is 2.19. The molecule has 1 atom stereocenters. The van der Waals surface area contributed by atoms with Gasteiger partial charge in [0.1, 0.15) is 6.04 Å². The minimum atomic E-state index is -0.612. The third-order valence-corrected chi connectivity index (χ3v) is 3.73. The zero-order valence-corrected chi connectivity index (χ0v) is 11.3. The third kappa shape index (κ3) is 3.15. The second-order valence-electron chi connectivity index (χ2n) is 3.49. The van der Waals surface area contributed by atoms with E-state index in [0.29, 0.717) is 0 Å². The van der Waals surface area contributed by atoms with Crippen molar-refractivity contribution in [2.45, 2.75) is 6.04 Å². The van der Waals surface area contributed by atoms with E-state index in [2.05, 4.69) is 21.2 Å². The molecular weight excluding hydrogens is 300 g/mol. The highest BCUT2D eigenvalue weighted by Gasteiger charge is 2.16. The van der Waals surface area contributed by atoms with E-state index in [9.17, 15) is 4.79 Å². The lowest BCUT2D eigenvalue weighted by Gasteiger charge is -2.10. The Hall–Kier alpha value is -1.17. The van der Waals surface area contributed by atoms with Gasteiger partial charge in [0.2, 0.25) is 5.91 Å². The van der Waals surface area contributed by atoms with Crippen molar-refractivity contribution in [2.75, 3.05) is 5.32 Å². The topological polar surface area (TPSA) is 55.1 Å². The molecule has 0 saturated heterocycles. The van der Waals surface area contributed by atoms with E-state index in [1.807, 2.05) is 41.8 Å². The molecule has 5 heteroatoms. The molecule has 2 aromatic rings.